The minimum atomic E-state index is -2.02. The van der Waals surface area contributed by atoms with Gasteiger partial charge in [0.05, 0.1) is 18.9 Å². The molecule has 1 saturated heterocycles. The molecule has 2 heterocycles. The fourth-order valence-electron chi connectivity index (χ4n) is 15.2. The van der Waals surface area contributed by atoms with Gasteiger partial charge in [0.25, 0.3) is 0 Å². The number of carboxylic acids is 6. The summed E-state index contributed by atoms with van der Waals surface area (Å²) in [5.41, 5.74) is 24.6. The highest BCUT2D eigenvalue weighted by Crippen LogP contribution is 2.24. The molecule has 50 heteroatoms. The summed E-state index contributed by atoms with van der Waals surface area (Å²) in [6.45, 7) is 13.6. The van der Waals surface area contributed by atoms with Crippen molar-refractivity contribution >= 4 is 147 Å². The number of carbonyl (C=O) groups is 23. The van der Waals surface area contributed by atoms with Gasteiger partial charge in [0, 0.05) is 55.7 Å². The molecule has 3 aromatic rings. The normalized spacial score (nSPS) is 15.9. The zero-order valence-electron chi connectivity index (χ0n) is 81.0. The predicted molar refractivity (Wildman–Crippen MR) is 506 cm³/mol. The van der Waals surface area contributed by atoms with Crippen molar-refractivity contribution in [2.75, 3.05) is 19.6 Å². The van der Waals surface area contributed by atoms with Crippen molar-refractivity contribution in [2.45, 2.75) is 313 Å². The number of hydrogen-bond acceptors (Lipinski definition) is 26. The minimum Gasteiger partial charge on any atom is -0.481 e. The number of carbonyl (C=O) groups excluding carboxylic acids is 17. The number of aromatic amines is 1. The van der Waals surface area contributed by atoms with Crippen molar-refractivity contribution in [2.24, 2.45) is 40.7 Å². The molecular weight excluding hydrogens is 1860 g/mol. The first-order chi connectivity index (χ1) is 66.9. The van der Waals surface area contributed by atoms with Gasteiger partial charge in [-0.2, -0.15) is 0 Å². The number of carboxylic acid groups (broad SMARTS) is 6. The molecule has 0 spiro atoms. The molecule has 0 aliphatic carbocycles. The van der Waals surface area contributed by atoms with Crippen molar-refractivity contribution in [3.8, 4) is 0 Å². The Hall–Kier alpha value is -14.3. The number of likely N-dealkylation sites (tertiary alicyclic amines) is 1. The number of fused-ring (bicyclic) bond motifs is 1. The molecule has 1 fully saturated rings. The summed E-state index contributed by atoms with van der Waals surface area (Å²) in [7, 11) is 0. The van der Waals surface area contributed by atoms with E-state index in [1.165, 1.54) is 27.0 Å². The number of primary amides is 1. The van der Waals surface area contributed by atoms with Crippen LogP contribution in [0.15, 0.2) is 60.8 Å². The number of aromatic nitrogens is 1. The summed E-state index contributed by atoms with van der Waals surface area (Å²) in [5.74, 6) is -28.9. The van der Waals surface area contributed by atoms with Crippen LogP contribution in [0.4, 0.5) is 0 Å². The zero-order valence-corrected chi connectivity index (χ0v) is 81.0. The van der Waals surface area contributed by atoms with Crippen LogP contribution in [0.2, 0.25) is 0 Å². The Labute approximate surface area is 819 Å². The molecule has 0 unspecified atom stereocenters. The zero-order chi connectivity index (χ0) is 106. The average molecular weight is 2000 g/mol. The van der Waals surface area contributed by atoms with Crippen LogP contribution in [-0.4, -0.2) is 299 Å². The van der Waals surface area contributed by atoms with E-state index in [-0.39, 0.29) is 96.2 Å². The summed E-state index contributed by atoms with van der Waals surface area (Å²) >= 11 is 0. The van der Waals surface area contributed by atoms with Crippen molar-refractivity contribution < 1.29 is 141 Å². The summed E-state index contributed by atoms with van der Waals surface area (Å²) in [4.78, 5) is 317. The number of para-hydroxylation sites is 1. The first-order valence-electron chi connectivity index (χ1n) is 47.1. The van der Waals surface area contributed by atoms with Crippen LogP contribution >= 0.6 is 0 Å². The SMILES string of the molecule is CC[C@H](C)[C@H](NC(=O)[C@H](CC(=O)O)NC(=O)[C@H](CCC(N)=O)NC(=O)[C@H](CC(C)C)NC(=O)[C@@H](N)Cc1ccccc1)C(=O)N[C@@H](CC(C)C)C(=O)N[C@@H](Cc1c[nH]c2ccccc12)C(=O)N[C@@H](CCC(=O)O)C(=O)N[C@@H](CCC(=O)O)C(=O)N[C@@H](C)C(=O)N[C@@H](CCCCN)C(=O)N[C@@H](CCC(=O)O)C(=O)N[C@@H](C)C(=O)N1CCC[C@H]1C(=O)N[C@@H](C)C(=O)N[C@@H](CC(=O)O)C(=O)N[C@@H](CCCCN)C(=O)O. The molecule has 1 aliphatic rings. The van der Waals surface area contributed by atoms with Crippen LogP contribution in [0.3, 0.4) is 0 Å². The van der Waals surface area contributed by atoms with Crippen molar-refractivity contribution in [3.63, 3.8) is 0 Å². The number of hydrogen-bond donors (Lipinski definition) is 26. The summed E-state index contributed by atoms with van der Waals surface area (Å²) in [6, 6.07) is -12.4. The van der Waals surface area contributed by atoms with Crippen molar-refractivity contribution in [1.82, 2.24) is 89.6 Å². The van der Waals surface area contributed by atoms with Crippen LogP contribution in [0.1, 0.15) is 208 Å². The largest absolute Gasteiger partial charge is 0.481 e. The lowest BCUT2D eigenvalue weighted by atomic mass is 9.96. The van der Waals surface area contributed by atoms with Gasteiger partial charge in [-0.25, -0.2) is 4.79 Å². The van der Waals surface area contributed by atoms with Gasteiger partial charge in [0.2, 0.25) is 100 Å². The number of nitrogens with zero attached hydrogens (tertiary/aromatic N) is 1. The molecule has 2 aromatic carbocycles. The van der Waals surface area contributed by atoms with Gasteiger partial charge in [-0.1, -0.05) is 96.5 Å². The maximum Gasteiger partial charge on any atom is 0.326 e. The number of H-pyrrole nitrogens is 1. The lowest BCUT2D eigenvalue weighted by molar-refractivity contribution is -0.144. The van der Waals surface area contributed by atoms with E-state index in [4.69, 9.17) is 22.9 Å². The molecule has 1 aromatic heterocycles. The van der Waals surface area contributed by atoms with Gasteiger partial charge in [0.15, 0.2) is 0 Å². The number of nitrogens with two attached hydrogens (primary N) is 4. The molecule has 30 N–H and O–H groups in total. The summed E-state index contributed by atoms with van der Waals surface area (Å²) in [5, 5.41) is 95.7. The maximum atomic E-state index is 15.1. The van der Waals surface area contributed by atoms with Gasteiger partial charge in [-0.15, -0.1) is 0 Å². The molecule has 0 radical (unpaired) electrons. The van der Waals surface area contributed by atoms with E-state index in [0.717, 1.165) is 17.4 Å². The van der Waals surface area contributed by atoms with Gasteiger partial charge in [-0.3, -0.25) is 105 Å². The smallest absolute Gasteiger partial charge is 0.326 e. The highest BCUT2D eigenvalue weighted by molar-refractivity contribution is 6.03. The second-order valence-electron chi connectivity index (χ2n) is 35.9. The van der Waals surface area contributed by atoms with E-state index in [2.05, 4.69) is 84.7 Å². The highest BCUT2D eigenvalue weighted by atomic mass is 16.4. The molecule has 142 heavy (non-hydrogen) atoms. The van der Waals surface area contributed by atoms with Crippen LogP contribution < -0.4 is 103 Å². The van der Waals surface area contributed by atoms with E-state index >= 15 is 9.59 Å². The molecule has 786 valence electrons. The Kier molecular flexibility index (Phi) is 51.2. The van der Waals surface area contributed by atoms with Gasteiger partial charge < -0.3 is 143 Å². The minimum absolute atomic E-state index is 0.0149. The van der Waals surface area contributed by atoms with Crippen LogP contribution in [0.5, 0.6) is 0 Å². The van der Waals surface area contributed by atoms with E-state index in [1.54, 1.807) is 89.2 Å². The van der Waals surface area contributed by atoms with E-state index in [9.17, 15) is 131 Å². The highest BCUT2D eigenvalue weighted by Gasteiger charge is 2.43. The lowest BCUT2D eigenvalue weighted by Gasteiger charge is -2.30. The molecule has 0 saturated carbocycles. The second-order valence-corrected chi connectivity index (χ2v) is 35.9. The lowest BCUT2D eigenvalue weighted by Crippen LogP contribution is -2.62. The fraction of sp³-hybridized carbons (Fsp3) is 0.598. The number of amides is 17. The van der Waals surface area contributed by atoms with E-state index in [1.807, 2.05) is 0 Å². The first-order valence-corrected chi connectivity index (χ1v) is 47.1. The Bertz CT molecular complexity index is 4900. The Morgan fingerprint density at radius 1 is 0.387 bits per heavy atom. The van der Waals surface area contributed by atoms with E-state index in [0.29, 0.717) is 22.9 Å². The van der Waals surface area contributed by atoms with Gasteiger partial charge >= 0.3 is 35.8 Å². The molecular formula is C92H139N21O29. The molecule has 0 bridgehead atoms. The Morgan fingerprint density at radius 3 is 1.22 bits per heavy atom. The number of unbranched alkanes of at least 4 members (excludes halogenated alkanes) is 2. The van der Waals surface area contributed by atoms with Crippen LogP contribution in [0, 0.1) is 17.8 Å². The number of rotatable bonds is 66. The standard InChI is InChI=1S/C92H139N21O29/c1-10-48(6)75(112-88(137)67(44-74(123)124)110-83(132)58(28-32-69(96)114)104-84(133)63(39-46(2)3)108-78(127)55(95)41-52-21-12-11-13-22-52)90(139)111-64(40-47(4)5)85(134)109-65(42-53-45-97-56-24-15-14-23-54(53)56)86(135)105-61(31-35-72(119)120)82(131)103-59(29-33-70(115)116)79(128)98-49(7)76(125)101-57(25-16-18-36-93)81(130)102-60(30-34-71(117)118)80(129)100-51(9)91(140)113-38-20-27-68(113)89(138)99-50(8)77(126)107-66(43-73(121)122)87(136)106-62(92(141)142)26-17-19-37-94/h11-15,21-24,45-51,55,57-68,75,97H,10,16-20,25-44,93-95H2,1-9H3,(H2,96,114)(H,98,128)(H,99,138)(H,100,129)(H,101,125)(H,102,130)(H,103,131)(H,104,133)(H,105,135)(H,106,136)(H,107,126)(H,108,127)(H,109,134)(H,110,132)(H,111,139)(H,112,137)(H,115,116)(H,117,118)(H,119,120)(H,121,122)(H,123,124)(H,141,142)/t48-,49-,50-,51-,55-,57-,58-,59-,60-,61-,62-,63-,64-,65-,66-,67-,68-,75-/m0/s1. The number of aliphatic carboxylic acids is 6. The van der Waals surface area contributed by atoms with Gasteiger partial charge in [-0.05, 0) is 165 Å². The molecule has 18 atom stereocenters. The fourth-order valence-corrected chi connectivity index (χ4v) is 15.2. The van der Waals surface area contributed by atoms with Crippen molar-refractivity contribution in [3.05, 3.63) is 71.9 Å². The third-order valence-corrected chi connectivity index (χ3v) is 23.2. The van der Waals surface area contributed by atoms with E-state index < -0.39 is 321 Å². The quantitative estimate of drug-likeness (QED) is 0.0239. The third-order valence-electron chi connectivity index (χ3n) is 23.2. The maximum absolute atomic E-state index is 15.1. The summed E-state index contributed by atoms with van der Waals surface area (Å²) in [6.07, 6.45) is -5.69. The Morgan fingerprint density at radius 2 is 0.761 bits per heavy atom. The number of nitrogens with one attached hydrogen (secondary N) is 16. The monoisotopic (exact) mass is 2000 g/mol. The summed E-state index contributed by atoms with van der Waals surface area (Å²) < 4.78 is 0. The van der Waals surface area contributed by atoms with Crippen LogP contribution in [-0.2, 0) is 123 Å². The average Bonchev–Trinajstić information content (AvgIpc) is 1.85. The molecule has 50 nitrogen and oxygen atoms in total. The van der Waals surface area contributed by atoms with Gasteiger partial charge in [0.1, 0.15) is 96.7 Å². The molecule has 17 amide bonds. The Balaban J connectivity index is 1.59. The second kappa shape index (κ2) is 60.6. The molecule has 4 rings (SSSR count). The molecule has 1 aliphatic heterocycles. The first kappa shape index (κ1) is 120. The topological polar surface area (TPSA) is 818 Å². The number of benzene rings is 2. The predicted octanol–water partition coefficient (Wildman–Crippen LogP) is -4.11. The van der Waals surface area contributed by atoms with Crippen LogP contribution in [0.25, 0.3) is 10.9 Å². The third kappa shape index (κ3) is 42.0. The van der Waals surface area contributed by atoms with Crippen molar-refractivity contribution in [1.29, 1.82) is 0 Å².